The summed E-state index contributed by atoms with van der Waals surface area (Å²) in [4.78, 5) is 12.4. The molecule has 8 heteroatoms. The predicted molar refractivity (Wildman–Crippen MR) is 107 cm³/mol. The lowest BCUT2D eigenvalue weighted by molar-refractivity contribution is -0.117. The Kier molecular flexibility index (Phi) is 7.29. The van der Waals surface area contributed by atoms with Crippen LogP contribution in [0, 0.1) is 11.3 Å². The van der Waals surface area contributed by atoms with Crippen molar-refractivity contribution < 1.29 is 24.1 Å². The van der Waals surface area contributed by atoms with Crippen LogP contribution < -0.4 is 19.5 Å². The maximum absolute atomic E-state index is 12.4. The molecule has 0 unspecified atom stereocenters. The van der Waals surface area contributed by atoms with Gasteiger partial charge in [-0.2, -0.15) is 5.26 Å². The van der Waals surface area contributed by atoms with Crippen LogP contribution in [0.1, 0.15) is 11.1 Å². The average molecular weight is 447 g/mol. The Balaban J connectivity index is 2.22. The van der Waals surface area contributed by atoms with E-state index in [0.717, 1.165) is 5.56 Å². The van der Waals surface area contributed by atoms with Crippen LogP contribution in [0.2, 0.25) is 0 Å². The van der Waals surface area contributed by atoms with Crippen LogP contribution in [-0.2, 0) is 11.3 Å². The first-order valence-corrected chi connectivity index (χ1v) is 8.90. The van der Waals surface area contributed by atoms with Gasteiger partial charge in [-0.15, -0.1) is 0 Å². The van der Waals surface area contributed by atoms with Crippen molar-refractivity contribution in [2.24, 2.45) is 0 Å². The lowest BCUT2D eigenvalue weighted by Crippen LogP contribution is -2.24. The molecule has 2 N–H and O–H groups in total. The molecule has 7 nitrogen and oxygen atoms in total. The Bertz CT molecular complexity index is 950. The number of phenolic OH excluding ortho intramolecular Hbond substituents is 1. The molecule has 0 fully saturated rings. The minimum atomic E-state index is -0.585. The van der Waals surface area contributed by atoms with Crippen molar-refractivity contribution in [1.29, 1.82) is 5.26 Å². The molecular weight excluding hydrogens is 428 g/mol. The third kappa shape index (κ3) is 4.96. The lowest BCUT2D eigenvalue weighted by atomic mass is 10.1. The molecule has 0 bridgehead atoms. The van der Waals surface area contributed by atoms with Gasteiger partial charge in [0.05, 0.1) is 21.3 Å². The number of nitrogens with zero attached hydrogens (tertiary/aromatic N) is 1. The van der Waals surface area contributed by atoms with Crippen molar-refractivity contribution in [1.82, 2.24) is 5.32 Å². The normalized spacial score (nSPS) is 10.8. The first kappa shape index (κ1) is 21.1. The van der Waals surface area contributed by atoms with Gasteiger partial charge in [-0.3, -0.25) is 4.79 Å². The molecule has 0 aliphatic carbocycles. The van der Waals surface area contributed by atoms with E-state index in [-0.39, 0.29) is 29.2 Å². The zero-order chi connectivity index (χ0) is 20.7. The van der Waals surface area contributed by atoms with Gasteiger partial charge in [0.1, 0.15) is 23.1 Å². The van der Waals surface area contributed by atoms with E-state index in [1.54, 1.807) is 37.4 Å². The van der Waals surface area contributed by atoms with Crippen molar-refractivity contribution >= 4 is 27.9 Å². The molecule has 0 aliphatic heterocycles. The monoisotopic (exact) mass is 446 g/mol. The number of carbonyl (C=O) groups excluding carboxylic acids is 1. The maximum atomic E-state index is 12.4. The molecule has 2 rings (SSSR count). The number of ether oxygens (including phenoxy) is 3. The molecule has 146 valence electrons. The van der Waals surface area contributed by atoms with Gasteiger partial charge in [-0.1, -0.05) is 15.9 Å². The fraction of sp³-hybridized carbons (Fsp3) is 0.200. The molecule has 0 aliphatic rings. The summed E-state index contributed by atoms with van der Waals surface area (Å²) < 4.78 is 16.1. The van der Waals surface area contributed by atoms with Gasteiger partial charge in [0.15, 0.2) is 11.5 Å². The third-order valence-corrected chi connectivity index (χ3v) is 4.35. The van der Waals surface area contributed by atoms with Crippen LogP contribution in [0.25, 0.3) is 6.08 Å². The molecule has 2 aromatic rings. The smallest absolute Gasteiger partial charge is 0.262 e. The van der Waals surface area contributed by atoms with E-state index in [1.165, 1.54) is 20.3 Å². The fourth-order valence-electron chi connectivity index (χ4n) is 2.43. The molecule has 1 amide bonds. The zero-order valence-electron chi connectivity index (χ0n) is 15.6. The van der Waals surface area contributed by atoms with E-state index < -0.39 is 5.91 Å². The van der Waals surface area contributed by atoms with E-state index in [4.69, 9.17) is 14.2 Å². The average Bonchev–Trinajstić information content (AvgIpc) is 2.71. The van der Waals surface area contributed by atoms with Gasteiger partial charge < -0.3 is 24.6 Å². The van der Waals surface area contributed by atoms with E-state index in [2.05, 4.69) is 21.2 Å². The largest absolute Gasteiger partial charge is 0.504 e. The molecule has 0 aromatic heterocycles. The number of hydrogen-bond donors (Lipinski definition) is 2. The van der Waals surface area contributed by atoms with Crippen molar-refractivity contribution in [3.05, 3.63) is 51.5 Å². The van der Waals surface area contributed by atoms with Crippen LogP contribution in [0.4, 0.5) is 0 Å². The SMILES string of the molecule is COc1ccc(CNC(=O)/C(C#N)=C/c2cc(Br)cc(OC)c2O)c(OC)c1. The highest BCUT2D eigenvalue weighted by Crippen LogP contribution is 2.34. The first-order chi connectivity index (χ1) is 13.4. The first-order valence-electron chi connectivity index (χ1n) is 8.10. The van der Waals surface area contributed by atoms with E-state index in [1.807, 2.05) is 6.07 Å². The number of nitrogens with one attached hydrogen (secondary N) is 1. The Morgan fingerprint density at radius 2 is 1.89 bits per heavy atom. The summed E-state index contributed by atoms with van der Waals surface area (Å²) in [6, 6.07) is 10.2. The van der Waals surface area contributed by atoms with Gasteiger partial charge in [0, 0.05) is 28.2 Å². The van der Waals surface area contributed by atoms with Gasteiger partial charge in [0.25, 0.3) is 5.91 Å². The van der Waals surface area contributed by atoms with Crippen molar-refractivity contribution in [3.8, 4) is 29.1 Å². The minimum absolute atomic E-state index is 0.152. The molecular formula is C20H19BrN2O5. The summed E-state index contributed by atoms with van der Waals surface area (Å²) in [5, 5.41) is 22.2. The van der Waals surface area contributed by atoms with Crippen molar-refractivity contribution in [3.63, 3.8) is 0 Å². The second-order valence-electron chi connectivity index (χ2n) is 5.58. The molecule has 0 radical (unpaired) electrons. The highest BCUT2D eigenvalue weighted by Gasteiger charge is 2.14. The second kappa shape index (κ2) is 9.67. The van der Waals surface area contributed by atoms with E-state index in [0.29, 0.717) is 16.0 Å². The number of rotatable bonds is 7. The van der Waals surface area contributed by atoms with Crippen molar-refractivity contribution in [2.45, 2.75) is 6.54 Å². The third-order valence-electron chi connectivity index (χ3n) is 3.89. The lowest BCUT2D eigenvalue weighted by Gasteiger charge is -2.11. The van der Waals surface area contributed by atoms with Crippen LogP contribution >= 0.6 is 15.9 Å². The Hall–Kier alpha value is -3.18. The van der Waals surface area contributed by atoms with Crippen LogP contribution in [0.3, 0.4) is 0 Å². The summed E-state index contributed by atoms with van der Waals surface area (Å²) in [5.74, 6) is 0.656. The van der Waals surface area contributed by atoms with Crippen LogP contribution in [0.15, 0.2) is 40.4 Å². The number of aromatic hydroxyl groups is 1. The molecule has 28 heavy (non-hydrogen) atoms. The number of phenols is 1. The maximum Gasteiger partial charge on any atom is 0.262 e. The van der Waals surface area contributed by atoms with Crippen LogP contribution in [0.5, 0.6) is 23.0 Å². The Morgan fingerprint density at radius 3 is 2.50 bits per heavy atom. The predicted octanol–water partition coefficient (Wildman–Crippen LogP) is 3.40. The zero-order valence-corrected chi connectivity index (χ0v) is 17.2. The number of nitriles is 1. The highest BCUT2D eigenvalue weighted by molar-refractivity contribution is 9.10. The number of carbonyl (C=O) groups is 1. The number of amides is 1. The second-order valence-corrected chi connectivity index (χ2v) is 6.49. The van der Waals surface area contributed by atoms with Gasteiger partial charge in [-0.05, 0) is 30.3 Å². The Morgan fingerprint density at radius 1 is 1.18 bits per heavy atom. The molecule has 0 atom stereocenters. The number of halogens is 1. The Labute approximate surface area is 171 Å². The number of hydrogen-bond acceptors (Lipinski definition) is 6. The topological polar surface area (TPSA) is 101 Å². The molecule has 0 saturated carbocycles. The minimum Gasteiger partial charge on any atom is -0.504 e. The molecule has 0 spiro atoms. The summed E-state index contributed by atoms with van der Waals surface area (Å²) >= 11 is 3.30. The number of methoxy groups -OCH3 is 3. The van der Waals surface area contributed by atoms with Gasteiger partial charge in [0.2, 0.25) is 0 Å². The summed E-state index contributed by atoms with van der Waals surface area (Å²) in [6.07, 6.45) is 1.29. The fourth-order valence-corrected chi connectivity index (χ4v) is 2.89. The van der Waals surface area contributed by atoms with E-state index in [9.17, 15) is 15.2 Å². The molecule has 0 heterocycles. The van der Waals surface area contributed by atoms with Gasteiger partial charge in [-0.25, -0.2) is 0 Å². The molecule has 0 saturated heterocycles. The van der Waals surface area contributed by atoms with Gasteiger partial charge >= 0.3 is 0 Å². The molecule has 2 aromatic carbocycles. The number of benzene rings is 2. The van der Waals surface area contributed by atoms with E-state index >= 15 is 0 Å². The van der Waals surface area contributed by atoms with Crippen LogP contribution in [-0.4, -0.2) is 32.3 Å². The summed E-state index contributed by atoms with van der Waals surface area (Å²) in [6.45, 7) is 0.152. The standard InChI is InChI=1S/C20H19BrN2O5/c1-26-16-5-4-12(17(9-16)27-2)11-23-20(25)14(10-22)6-13-7-15(21)8-18(28-3)19(13)24/h4-9,24H,11H2,1-3H3,(H,23,25)/b14-6+. The summed E-state index contributed by atoms with van der Waals surface area (Å²) in [5.41, 5.74) is 0.837. The van der Waals surface area contributed by atoms with Crippen molar-refractivity contribution in [2.75, 3.05) is 21.3 Å². The quantitative estimate of drug-likeness (QED) is 0.499. The highest BCUT2D eigenvalue weighted by atomic mass is 79.9. The summed E-state index contributed by atoms with van der Waals surface area (Å²) in [7, 11) is 4.48.